The number of hydrazine groups is 1. The number of aryl methyl sites for hydroxylation is 1. The Hall–Kier alpha value is -2.62. The molecule has 5 rings (SSSR count). The normalized spacial score (nSPS) is 25.3. The van der Waals surface area contributed by atoms with Gasteiger partial charge in [-0.1, -0.05) is 12.1 Å². The minimum absolute atomic E-state index is 0.439. The number of nitrogens with zero attached hydrogens (tertiary/aromatic N) is 3. The van der Waals surface area contributed by atoms with Crippen LogP contribution in [0.25, 0.3) is 16.7 Å². The van der Waals surface area contributed by atoms with E-state index in [1.807, 2.05) is 25.1 Å². The van der Waals surface area contributed by atoms with Gasteiger partial charge in [-0.15, -0.1) is 0 Å². The molecule has 1 aliphatic carbocycles. The second-order valence-electron chi connectivity index (χ2n) is 7.51. The number of rotatable bonds is 2. The van der Waals surface area contributed by atoms with Crippen LogP contribution in [0.5, 0.6) is 0 Å². The van der Waals surface area contributed by atoms with Crippen molar-refractivity contribution in [3.63, 3.8) is 0 Å². The fraction of sp³-hybridized carbons (Fsp3) is 0.400. The maximum atomic E-state index is 9.62. The van der Waals surface area contributed by atoms with Crippen molar-refractivity contribution in [1.29, 1.82) is 5.26 Å². The summed E-state index contributed by atoms with van der Waals surface area (Å²) in [7, 11) is 0. The molecule has 3 aromatic rings. The Kier molecular flexibility index (Phi) is 3.59. The van der Waals surface area contributed by atoms with Crippen molar-refractivity contribution in [2.24, 2.45) is 5.92 Å². The maximum absolute atomic E-state index is 9.62. The lowest BCUT2D eigenvalue weighted by Gasteiger charge is -2.32. The SMILES string of the molecule is Cc1cc(NC2CCC3NNCC3C2)n2c(nc3ccccc32)c1C#N. The third-order valence-corrected chi connectivity index (χ3v) is 5.87. The zero-order chi connectivity index (χ0) is 17.7. The summed E-state index contributed by atoms with van der Waals surface area (Å²) < 4.78 is 2.11. The molecule has 3 N–H and O–H groups in total. The van der Waals surface area contributed by atoms with Crippen molar-refractivity contribution < 1.29 is 0 Å². The fourth-order valence-corrected chi connectivity index (χ4v) is 4.54. The molecule has 2 aromatic heterocycles. The summed E-state index contributed by atoms with van der Waals surface area (Å²) in [4.78, 5) is 4.73. The third-order valence-electron chi connectivity index (χ3n) is 5.87. The first kappa shape index (κ1) is 15.6. The number of hydrogen-bond donors (Lipinski definition) is 3. The van der Waals surface area contributed by atoms with E-state index in [4.69, 9.17) is 4.98 Å². The Morgan fingerprint density at radius 2 is 2.19 bits per heavy atom. The average molecular weight is 346 g/mol. The van der Waals surface area contributed by atoms with Crippen LogP contribution in [0.15, 0.2) is 30.3 Å². The molecule has 6 nitrogen and oxygen atoms in total. The third kappa shape index (κ3) is 2.36. The van der Waals surface area contributed by atoms with E-state index < -0.39 is 0 Å². The van der Waals surface area contributed by atoms with Crippen LogP contribution in [0.3, 0.4) is 0 Å². The van der Waals surface area contributed by atoms with Gasteiger partial charge < -0.3 is 5.32 Å². The highest BCUT2D eigenvalue weighted by Crippen LogP contribution is 2.31. The molecule has 0 amide bonds. The lowest BCUT2D eigenvalue weighted by atomic mass is 9.83. The van der Waals surface area contributed by atoms with E-state index in [1.54, 1.807) is 0 Å². The van der Waals surface area contributed by atoms with E-state index in [-0.39, 0.29) is 0 Å². The number of nitriles is 1. The molecule has 1 aliphatic heterocycles. The molecule has 1 aromatic carbocycles. The van der Waals surface area contributed by atoms with E-state index in [0.717, 1.165) is 47.4 Å². The van der Waals surface area contributed by atoms with Crippen LogP contribution in [0, 0.1) is 24.2 Å². The molecule has 0 radical (unpaired) electrons. The van der Waals surface area contributed by atoms with Gasteiger partial charge in [0.1, 0.15) is 11.9 Å². The van der Waals surface area contributed by atoms with Gasteiger partial charge in [-0.25, -0.2) is 4.98 Å². The molecule has 0 spiro atoms. The molecule has 0 bridgehead atoms. The summed E-state index contributed by atoms with van der Waals surface area (Å²) in [5.41, 5.74) is 11.0. The maximum Gasteiger partial charge on any atom is 0.157 e. The number of pyridine rings is 1. The Morgan fingerprint density at radius 3 is 3.08 bits per heavy atom. The van der Waals surface area contributed by atoms with Crippen LogP contribution in [-0.2, 0) is 0 Å². The highest BCUT2D eigenvalue weighted by atomic mass is 15.4. The smallest absolute Gasteiger partial charge is 0.157 e. The van der Waals surface area contributed by atoms with Crippen molar-refractivity contribution in [3.8, 4) is 6.07 Å². The van der Waals surface area contributed by atoms with Crippen LogP contribution < -0.4 is 16.2 Å². The summed E-state index contributed by atoms with van der Waals surface area (Å²) in [6.45, 7) is 3.03. The second kappa shape index (κ2) is 5.97. The zero-order valence-corrected chi connectivity index (χ0v) is 14.8. The monoisotopic (exact) mass is 346 g/mol. The standard InChI is InChI=1S/C20H22N6/c1-12-8-19(23-14-6-7-16-13(9-14)11-22-25-16)26-18-5-3-2-4-17(18)24-20(26)15(12)10-21/h2-5,8,13-14,16,22-23,25H,6-7,9,11H2,1H3. The molecular weight excluding hydrogens is 324 g/mol. The van der Waals surface area contributed by atoms with Gasteiger partial charge in [0.25, 0.3) is 0 Å². The molecule has 6 heteroatoms. The molecule has 3 unspecified atom stereocenters. The minimum atomic E-state index is 0.439. The molecule has 1 saturated heterocycles. The van der Waals surface area contributed by atoms with Crippen LogP contribution in [0.2, 0.25) is 0 Å². The summed E-state index contributed by atoms with van der Waals surface area (Å²) in [5.74, 6) is 1.71. The van der Waals surface area contributed by atoms with E-state index in [0.29, 0.717) is 23.6 Å². The summed E-state index contributed by atoms with van der Waals surface area (Å²) in [5, 5.41) is 13.4. The van der Waals surface area contributed by atoms with Gasteiger partial charge in [0, 0.05) is 18.6 Å². The largest absolute Gasteiger partial charge is 0.368 e. The van der Waals surface area contributed by atoms with Crippen molar-refractivity contribution in [1.82, 2.24) is 20.2 Å². The lowest BCUT2D eigenvalue weighted by Crippen LogP contribution is -2.39. The molecular formula is C20H22N6. The molecule has 26 heavy (non-hydrogen) atoms. The molecule has 2 fully saturated rings. The number of anilines is 1. The zero-order valence-electron chi connectivity index (χ0n) is 14.8. The quantitative estimate of drug-likeness (QED) is 0.665. The first-order chi connectivity index (χ1) is 12.7. The van der Waals surface area contributed by atoms with Crippen molar-refractivity contribution in [2.75, 3.05) is 11.9 Å². The average Bonchev–Trinajstić information content (AvgIpc) is 3.25. The van der Waals surface area contributed by atoms with E-state index >= 15 is 0 Å². The number of nitrogens with one attached hydrogen (secondary N) is 3. The molecule has 132 valence electrons. The van der Waals surface area contributed by atoms with Crippen LogP contribution >= 0.6 is 0 Å². The highest BCUT2D eigenvalue weighted by molar-refractivity contribution is 5.85. The van der Waals surface area contributed by atoms with Gasteiger partial charge in [-0.05, 0) is 55.9 Å². The van der Waals surface area contributed by atoms with Gasteiger partial charge >= 0.3 is 0 Å². The van der Waals surface area contributed by atoms with Crippen molar-refractivity contribution in [2.45, 2.75) is 38.3 Å². The number of para-hydroxylation sites is 2. The predicted octanol–water partition coefficient (Wildman–Crippen LogP) is 2.72. The Balaban J connectivity index is 1.60. The van der Waals surface area contributed by atoms with Gasteiger partial charge in [0.05, 0.1) is 16.6 Å². The minimum Gasteiger partial charge on any atom is -0.368 e. The molecule has 2 aliphatic rings. The van der Waals surface area contributed by atoms with Gasteiger partial charge in [-0.2, -0.15) is 5.26 Å². The number of aromatic nitrogens is 2. The van der Waals surface area contributed by atoms with Gasteiger partial charge in [0.2, 0.25) is 0 Å². The number of hydrogen-bond acceptors (Lipinski definition) is 5. The van der Waals surface area contributed by atoms with Gasteiger partial charge in [-0.3, -0.25) is 15.3 Å². The first-order valence-corrected chi connectivity index (χ1v) is 9.30. The predicted molar refractivity (Wildman–Crippen MR) is 102 cm³/mol. The summed E-state index contributed by atoms with van der Waals surface area (Å²) >= 11 is 0. The summed E-state index contributed by atoms with van der Waals surface area (Å²) in [6.07, 6.45) is 3.47. The summed E-state index contributed by atoms with van der Waals surface area (Å²) in [6, 6.07) is 13.5. The highest BCUT2D eigenvalue weighted by Gasteiger charge is 2.34. The lowest BCUT2D eigenvalue weighted by molar-refractivity contribution is 0.314. The van der Waals surface area contributed by atoms with E-state index in [9.17, 15) is 5.26 Å². The Labute approximate surface area is 152 Å². The number of imidazole rings is 1. The topological polar surface area (TPSA) is 77.2 Å². The van der Waals surface area contributed by atoms with Crippen molar-refractivity contribution in [3.05, 3.63) is 41.5 Å². The van der Waals surface area contributed by atoms with Gasteiger partial charge in [0.15, 0.2) is 5.65 Å². The Morgan fingerprint density at radius 1 is 1.31 bits per heavy atom. The van der Waals surface area contributed by atoms with Crippen LogP contribution in [0.4, 0.5) is 5.82 Å². The molecule has 1 saturated carbocycles. The second-order valence-corrected chi connectivity index (χ2v) is 7.51. The number of fused-ring (bicyclic) bond motifs is 4. The van der Waals surface area contributed by atoms with E-state index in [2.05, 4.69) is 38.8 Å². The first-order valence-electron chi connectivity index (χ1n) is 9.30. The molecule has 3 heterocycles. The molecule has 3 atom stereocenters. The van der Waals surface area contributed by atoms with Crippen LogP contribution in [-0.4, -0.2) is 28.0 Å². The van der Waals surface area contributed by atoms with Crippen LogP contribution in [0.1, 0.15) is 30.4 Å². The van der Waals surface area contributed by atoms with E-state index in [1.165, 1.54) is 6.42 Å². The fourth-order valence-electron chi connectivity index (χ4n) is 4.54. The van der Waals surface area contributed by atoms with Crippen molar-refractivity contribution >= 4 is 22.5 Å². The number of benzene rings is 1. The Bertz CT molecular complexity index is 1030.